The molecule has 4 heterocycles. The maximum Gasteiger partial charge on any atom is 0.274 e. The Bertz CT molecular complexity index is 820. The highest BCUT2D eigenvalue weighted by molar-refractivity contribution is 5.92. The Balaban J connectivity index is 1.37. The highest BCUT2D eigenvalue weighted by atomic mass is 16.5. The maximum atomic E-state index is 13.3. The second kappa shape index (κ2) is 7.51. The van der Waals surface area contributed by atoms with Crippen molar-refractivity contribution in [3.8, 4) is 0 Å². The molecule has 6 heteroatoms. The van der Waals surface area contributed by atoms with Crippen LogP contribution in [0.4, 0.5) is 5.82 Å². The van der Waals surface area contributed by atoms with Crippen molar-refractivity contribution in [2.45, 2.75) is 31.2 Å². The molecule has 3 unspecified atom stereocenters. The maximum absolute atomic E-state index is 13.3. The summed E-state index contributed by atoms with van der Waals surface area (Å²) in [6, 6.07) is 14.5. The standard InChI is InChI=1S/C22H26N4O2/c27-22(19-8-9-21(24-23-19)25-11-4-5-12-25)26-14-17(16-6-2-1-3-7-16)18-15-28-13-10-20(18)26/h1-3,6-9,17-18,20H,4-5,10-15H2. The first-order chi connectivity index (χ1) is 13.8. The van der Waals surface area contributed by atoms with Crippen molar-refractivity contribution in [2.24, 2.45) is 5.92 Å². The fraction of sp³-hybridized carbons (Fsp3) is 0.500. The molecule has 0 saturated carbocycles. The highest BCUT2D eigenvalue weighted by Gasteiger charge is 2.46. The number of rotatable bonds is 3. The van der Waals surface area contributed by atoms with Gasteiger partial charge < -0.3 is 14.5 Å². The van der Waals surface area contributed by atoms with Crippen molar-refractivity contribution in [3.63, 3.8) is 0 Å². The molecule has 3 aliphatic rings. The van der Waals surface area contributed by atoms with Gasteiger partial charge in [-0.25, -0.2) is 0 Å². The molecule has 5 rings (SSSR count). The second-order valence-corrected chi connectivity index (χ2v) is 8.04. The predicted molar refractivity (Wildman–Crippen MR) is 106 cm³/mol. The van der Waals surface area contributed by atoms with E-state index in [4.69, 9.17) is 4.74 Å². The van der Waals surface area contributed by atoms with Gasteiger partial charge in [0.15, 0.2) is 11.5 Å². The lowest BCUT2D eigenvalue weighted by Crippen LogP contribution is -2.42. The number of hydrogen-bond acceptors (Lipinski definition) is 5. The van der Waals surface area contributed by atoms with Gasteiger partial charge in [-0.1, -0.05) is 30.3 Å². The topological polar surface area (TPSA) is 58.6 Å². The van der Waals surface area contributed by atoms with Crippen molar-refractivity contribution in [1.29, 1.82) is 0 Å². The lowest BCUT2D eigenvalue weighted by atomic mass is 9.84. The molecule has 0 bridgehead atoms. The van der Waals surface area contributed by atoms with E-state index in [-0.39, 0.29) is 11.9 Å². The Hall–Kier alpha value is -2.47. The van der Waals surface area contributed by atoms with Crippen LogP contribution < -0.4 is 4.90 Å². The molecule has 3 aliphatic heterocycles. The van der Waals surface area contributed by atoms with Crippen LogP contribution in [-0.2, 0) is 4.74 Å². The number of hydrogen-bond donors (Lipinski definition) is 0. The minimum Gasteiger partial charge on any atom is -0.381 e. The summed E-state index contributed by atoms with van der Waals surface area (Å²) in [6.45, 7) is 4.20. The third kappa shape index (κ3) is 3.15. The van der Waals surface area contributed by atoms with Crippen LogP contribution in [0.3, 0.4) is 0 Å². The number of likely N-dealkylation sites (tertiary alicyclic amines) is 1. The number of aromatic nitrogens is 2. The van der Waals surface area contributed by atoms with Gasteiger partial charge in [0, 0.05) is 44.1 Å². The first kappa shape index (κ1) is 17.6. The number of nitrogens with zero attached hydrogens (tertiary/aromatic N) is 4. The summed E-state index contributed by atoms with van der Waals surface area (Å²) in [4.78, 5) is 17.5. The first-order valence-electron chi connectivity index (χ1n) is 10.3. The number of carbonyl (C=O) groups excluding carboxylic acids is 1. The molecule has 28 heavy (non-hydrogen) atoms. The average Bonchev–Trinajstić information content (AvgIpc) is 3.43. The SMILES string of the molecule is O=C(c1ccc(N2CCCC2)nn1)N1CC(c2ccccc2)C2COCCC21. The van der Waals surface area contributed by atoms with E-state index in [9.17, 15) is 4.79 Å². The normalized spacial score (nSPS) is 27.1. The van der Waals surface area contributed by atoms with Crippen molar-refractivity contribution in [2.75, 3.05) is 37.7 Å². The van der Waals surface area contributed by atoms with Gasteiger partial charge in [-0.15, -0.1) is 10.2 Å². The van der Waals surface area contributed by atoms with Crippen LogP contribution >= 0.6 is 0 Å². The molecule has 0 spiro atoms. The van der Waals surface area contributed by atoms with Crippen LogP contribution in [0.2, 0.25) is 0 Å². The molecule has 0 aliphatic carbocycles. The van der Waals surface area contributed by atoms with E-state index in [2.05, 4.69) is 39.4 Å². The summed E-state index contributed by atoms with van der Waals surface area (Å²) in [7, 11) is 0. The number of fused-ring (bicyclic) bond motifs is 1. The third-order valence-corrected chi connectivity index (χ3v) is 6.46. The van der Waals surface area contributed by atoms with E-state index in [0.717, 1.165) is 31.9 Å². The Kier molecular flexibility index (Phi) is 4.72. The third-order valence-electron chi connectivity index (χ3n) is 6.46. The highest BCUT2D eigenvalue weighted by Crippen LogP contribution is 2.41. The molecule has 2 aromatic rings. The fourth-order valence-electron chi connectivity index (χ4n) is 4.99. The molecule has 0 radical (unpaired) electrons. The van der Waals surface area contributed by atoms with Gasteiger partial charge in [-0.2, -0.15) is 0 Å². The number of ether oxygens (including phenoxy) is 1. The number of anilines is 1. The lowest BCUT2D eigenvalue weighted by Gasteiger charge is -2.32. The molecule has 146 valence electrons. The summed E-state index contributed by atoms with van der Waals surface area (Å²) in [6.07, 6.45) is 3.28. The molecular weight excluding hydrogens is 352 g/mol. The van der Waals surface area contributed by atoms with E-state index in [1.54, 1.807) is 0 Å². The van der Waals surface area contributed by atoms with E-state index in [1.807, 2.05) is 23.1 Å². The van der Waals surface area contributed by atoms with Crippen molar-refractivity contribution in [3.05, 3.63) is 53.7 Å². The molecule has 1 amide bonds. The van der Waals surface area contributed by atoms with E-state index in [1.165, 1.54) is 18.4 Å². The van der Waals surface area contributed by atoms with Crippen molar-refractivity contribution in [1.82, 2.24) is 15.1 Å². The largest absolute Gasteiger partial charge is 0.381 e. The zero-order valence-corrected chi connectivity index (χ0v) is 16.0. The molecule has 6 nitrogen and oxygen atoms in total. The molecule has 3 atom stereocenters. The van der Waals surface area contributed by atoms with Crippen LogP contribution in [-0.4, -0.2) is 59.9 Å². The molecule has 1 aromatic carbocycles. The summed E-state index contributed by atoms with van der Waals surface area (Å²) in [5, 5.41) is 8.63. The molecule has 3 saturated heterocycles. The zero-order valence-electron chi connectivity index (χ0n) is 16.0. The summed E-state index contributed by atoms with van der Waals surface area (Å²) < 4.78 is 5.77. The van der Waals surface area contributed by atoms with E-state index in [0.29, 0.717) is 30.7 Å². The van der Waals surface area contributed by atoms with Crippen molar-refractivity contribution >= 4 is 11.7 Å². The fourth-order valence-corrected chi connectivity index (χ4v) is 4.99. The van der Waals surface area contributed by atoms with Gasteiger partial charge >= 0.3 is 0 Å². The van der Waals surface area contributed by atoms with Gasteiger partial charge in [-0.05, 0) is 37.0 Å². The van der Waals surface area contributed by atoms with Gasteiger partial charge in [-0.3, -0.25) is 4.79 Å². The number of amides is 1. The molecular formula is C22H26N4O2. The Morgan fingerprint density at radius 2 is 1.86 bits per heavy atom. The van der Waals surface area contributed by atoms with Crippen molar-refractivity contribution < 1.29 is 9.53 Å². The average molecular weight is 378 g/mol. The second-order valence-electron chi connectivity index (χ2n) is 8.04. The van der Waals surface area contributed by atoms with Crippen LogP contribution in [0.1, 0.15) is 41.2 Å². The van der Waals surface area contributed by atoms with E-state index < -0.39 is 0 Å². The summed E-state index contributed by atoms with van der Waals surface area (Å²) in [5.41, 5.74) is 1.73. The van der Waals surface area contributed by atoms with Gasteiger partial charge in [0.1, 0.15) is 0 Å². The predicted octanol–water partition coefficient (Wildman–Crippen LogP) is 2.72. The smallest absolute Gasteiger partial charge is 0.274 e. The molecule has 0 N–H and O–H groups in total. The Morgan fingerprint density at radius 1 is 1.04 bits per heavy atom. The zero-order chi connectivity index (χ0) is 18.9. The van der Waals surface area contributed by atoms with E-state index >= 15 is 0 Å². The summed E-state index contributed by atoms with van der Waals surface area (Å²) >= 11 is 0. The summed E-state index contributed by atoms with van der Waals surface area (Å²) in [5.74, 6) is 1.53. The number of benzene rings is 1. The first-order valence-corrected chi connectivity index (χ1v) is 10.3. The van der Waals surface area contributed by atoms with Crippen LogP contribution in [0.5, 0.6) is 0 Å². The Labute approximate surface area is 165 Å². The molecule has 1 aromatic heterocycles. The van der Waals surface area contributed by atoms with Gasteiger partial charge in [0.25, 0.3) is 5.91 Å². The lowest BCUT2D eigenvalue weighted by molar-refractivity contribution is 0.0186. The molecule has 3 fully saturated rings. The quantitative estimate of drug-likeness (QED) is 0.822. The van der Waals surface area contributed by atoms with Crippen LogP contribution in [0.15, 0.2) is 42.5 Å². The van der Waals surface area contributed by atoms with Crippen LogP contribution in [0, 0.1) is 5.92 Å². The Morgan fingerprint density at radius 3 is 2.61 bits per heavy atom. The van der Waals surface area contributed by atoms with Gasteiger partial charge in [0.2, 0.25) is 0 Å². The minimum atomic E-state index is -0.00389. The minimum absolute atomic E-state index is 0.00389. The number of carbonyl (C=O) groups is 1. The van der Waals surface area contributed by atoms with Gasteiger partial charge in [0.05, 0.1) is 6.61 Å². The monoisotopic (exact) mass is 378 g/mol. The van der Waals surface area contributed by atoms with Crippen LogP contribution in [0.25, 0.3) is 0 Å².